The lowest BCUT2D eigenvalue weighted by atomic mass is 10.1. The number of aliphatic hydroxyl groups is 1. The van der Waals surface area contributed by atoms with E-state index >= 15 is 0 Å². The summed E-state index contributed by atoms with van der Waals surface area (Å²) in [5.41, 5.74) is 0.834. The van der Waals surface area contributed by atoms with Gasteiger partial charge in [-0.15, -0.1) is 0 Å². The lowest BCUT2D eigenvalue weighted by Gasteiger charge is -2.11. The van der Waals surface area contributed by atoms with Crippen LogP contribution >= 0.6 is 15.9 Å². The smallest absolute Gasteiger partial charge is 0.131 e. The monoisotopic (exact) mass is 336 g/mol. The summed E-state index contributed by atoms with van der Waals surface area (Å²) in [6, 6.07) is 13.0. The van der Waals surface area contributed by atoms with Crippen molar-refractivity contribution in [1.29, 1.82) is 0 Å². The first-order chi connectivity index (χ1) is 9.60. The van der Waals surface area contributed by atoms with Crippen LogP contribution in [-0.2, 0) is 0 Å². The molecule has 1 atom stereocenters. The summed E-state index contributed by atoms with van der Waals surface area (Å²) in [5.74, 6) is 2.20. The third-order valence-electron chi connectivity index (χ3n) is 2.77. The van der Waals surface area contributed by atoms with Gasteiger partial charge in [0, 0.05) is 10.5 Å². The molecule has 0 bridgehead atoms. The van der Waals surface area contributed by atoms with Crippen LogP contribution in [0.2, 0.25) is 0 Å². The molecule has 0 unspecified atom stereocenters. The molecule has 0 aliphatic heterocycles. The highest BCUT2D eigenvalue weighted by atomic mass is 79.9. The zero-order valence-corrected chi connectivity index (χ0v) is 13.1. The average Bonchev–Trinajstić information content (AvgIpc) is 2.39. The minimum Gasteiger partial charge on any atom is -0.494 e. The van der Waals surface area contributed by atoms with E-state index in [2.05, 4.69) is 15.9 Å². The molecule has 0 aliphatic carbocycles. The van der Waals surface area contributed by atoms with Crippen LogP contribution in [0.1, 0.15) is 25.5 Å². The van der Waals surface area contributed by atoms with Crippen LogP contribution in [0.3, 0.4) is 0 Å². The molecule has 0 saturated heterocycles. The van der Waals surface area contributed by atoms with Crippen molar-refractivity contribution in [3.63, 3.8) is 0 Å². The highest BCUT2D eigenvalue weighted by Gasteiger charge is 2.08. The van der Waals surface area contributed by atoms with Crippen molar-refractivity contribution in [2.45, 2.75) is 20.0 Å². The standard InChI is InChI=1S/C16H17BrO3/c1-3-19-12-5-4-6-13(9-12)20-14-7-8-15(11(2)18)16(17)10-14/h4-11,18H,3H2,1-2H3/t11-/m0/s1. The predicted molar refractivity (Wildman–Crippen MR) is 82.5 cm³/mol. The molecule has 0 amide bonds. The van der Waals surface area contributed by atoms with Crippen molar-refractivity contribution >= 4 is 15.9 Å². The van der Waals surface area contributed by atoms with Crippen LogP contribution in [0, 0.1) is 0 Å². The van der Waals surface area contributed by atoms with E-state index in [-0.39, 0.29) is 0 Å². The van der Waals surface area contributed by atoms with Gasteiger partial charge in [-0.1, -0.05) is 28.1 Å². The molecule has 0 saturated carbocycles. The molecule has 4 heteroatoms. The Morgan fingerprint density at radius 3 is 2.45 bits per heavy atom. The van der Waals surface area contributed by atoms with Crippen LogP contribution in [0.5, 0.6) is 17.2 Å². The van der Waals surface area contributed by atoms with Crippen LogP contribution < -0.4 is 9.47 Å². The van der Waals surface area contributed by atoms with E-state index in [0.29, 0.717) is 18.1 Å². The minimum atomic E-state index is -0.514. The van der Waals surface area contributed by atoms with Crippen LogP contribution in [0.15, 0.2) is 46.9 Å². The Morgan fingerprint density at radius 2 is 1.80 bits per heavy atom. The molecule has 20 heavy (non-hydrogen) atoms. The van der Waals surface area contributed by atoms with Gasteiger partial charge in [-0.2, -0.15) is 0 Å². The maximum Gasteiger partial charge on any atom is 0.131 e. The molecule has 3 nitrogen and oxygen atoms in total. The molecular weight excluding hydrogens is 320 g/mol. The predicted octanol–water partition coefficient (Wildman–Crippen LogP) is 4.69. The van der Waals surface area contributed by atoms with E-state index in [0.717, 1.165) is 15.8 Å². The van der Waals surface area contributed by atoms with Crippen LogP contribution in [0.4, 0.5) is 0 Å². The summed E-state index contributed by atoms with van der Waals surface area (Å²) >= 11 is 3.44. The first-order valence-electron chi connectivity index (χ1n) is 6.48. The number of aliphatic hydroxyl groups excluding tert-OH is 1. The lowest BCUT2D eigenvalue weighted by Crippen LogP contribution is -1.94. The summed E-state index contributed by atoms with van der Waals surface area (Å²) in [4.78, 5) is 0. The van der Waals surface area contributed by atoms with Gasteiger partial charge < -0.3 is 14.6 Å². The fourth-order valence-corrected chi connectivity index (χ4v) is 2.53. The van der Waals surface area contributed by atoms with Gasteiger partial charge in [0.2, 0.25) is 0 Å². The largest absolute Gasteiger partial charge is 0.494 e. The lowest BCUT2D eigenvalue weighted by molar-refractivity contribution is 0.198. The molecule has 2 aromatic rings. The topological polar surface area (TPSA) is 38.7 Å². The summed E-state index contributed by atoms with van der Waals surface area (Å²) in [6.45, 7) is 4.30. The Kier molecular flexibility index (Phi) is 5.04. The molecule has 2 rings (SSSR count). The van der Waals surface area contributed by atoms with Gasteiger partial charge in [0.1, 0.15) is 17.2 Å². The quantitative estimate of drug-likeness (QED) is 0.860. The Balaban J connectivity index is 2.17. The second-order valence-corrected chi connectivity index (χ2v) is 5.22. The number of hydrogen-bond donors (Lipinski definition) is 1. The Bertz CT molecular complexity index is 582. The fourth-order valence-electron chi connectivity index (χ4n) is 1.84. The molecule has 0 radical (unpaired) electrons. The normalized spacial score (nSPS) is 12.0. The Labute approximate surface area is 127 Å². The Hall–Kier alpha value is -1.52. The van der Waals surface area contributed by atoms with Crippen molar-refractivity contribution in [2.75, 3.05) is 6.61 Å². The van der Waals surface area contributed by atoms with Gasteiger partial charge in [-0.05, 0) is 43.7 Å². The molecule has 0 spiro atoms. The number of halogens is 1. The van der Waals surface area contributed by atoms with E-state index in [4.69, 9.17) is 9.47 Å². The summed E-state index contributed by atoms with van der Waals surface area (Å²) in [7, 11) is 0. The number of rotatable bonds is 5. The van der Waals surface area contributed by atoms with Crippen molar-refractivity contribution in [3.05, 3.63) is 52.5 Å². The zero-order valence-electron chi connectivity index (χ0n) is 11.5. The highest BCUT2D eigenvalue weighted by Crippen LogP contribution is 2.31. The molecular formula is C16H17BrO3. The van der Waals surface area contributed by atoms with Gasteiger partial charge in [0.15, 0.2) is 0 Å². The third-order valence-corrected chi connectivity index (χ3v) is 3.46. The summed E-state index contributed by atoms with van der Waals surface area (Å²) in [5, 5.41) is 9.59. The van der Waals surface area contributed by atoms with Gasteiger partial charge in [-0.25, -0.2) is 0 Å². The maximum absolute atomic E-state index is 9.59. The second-order valence-electron chi connectivity index (χ2n) is 4.37. The van der Waals surface area contributed by atoms with Crippen LogP contribution in [0.25, 0.3) is 0 Å². The van der Waals surface area contributed by atoms with Crippen molar-refractivity contribution in [1.82, 2.24) is 0 Å². The molecule has 2 aromatic carbocycles. The van der Waals surface area contributed by atoms with Crippen molar-refractivity contribution in [2.24, 2.45) is 0 Å². The third kappa shape index (κ3) is 3.74. The molecule has 106 valence electrons. The SMILES string of the molecule is CCOc1cccc(Oc2ccc([C@H](C)O)c(Br)c2)c1. The fraction of sp³-hybridized carbons (Fsp3) is 0.250. The van der Waals surface area contributed by atoms with E-state index < -0.39 is 6.10 Å². The average molecular weight is 337 g/mol. The van der Waals surface area contributed by atoms with Gasteiger partial charge in [-0.3, -0.25) is 0 Å². The number of benzene rings is 2. The van der Waals surface area contributed by atoms with Crippen LogP contribution in [-0.4, -0.2) is 11.7 Å². The Morgan fingerprint density at radius 1 is 1.10 bits per heavy atom. The van der Waals surface area contributed by atoms with E-state index in [1.54, 1.807) is 6.92 Å². The second kappa shape index (κ2) is 6.77. The van der Waals surface area contributed by atoms with Gasteiger partial charge in [0.25, 0.3) is 0 Å². The molecule has 0 heterocycles. The molecule has 1 N–H and O–H groups in total. The van der Waals surface area contributed by atoms with Gasteiger partial charge >= 0.3 is 0 Å². The summed E-state index contributed by atoms with van der Waals surface area (Å²) < 4.78 is 12.1. The molecule has 0 aliphatic rings. The zero-order chi connectivity index (χ0) is 14.5. The van der Waals surface area contributed by atoms with E-state index in [1.807, 2.05) is 49.4 Å². The number of ether oxygens (including phenoxy) is 2. The van der Waals surface area contributed by atoms with Crippen molar-refractivity contribution in [3.8, 4) is 17.2 Å². The van der Waals surface area contributed by atoms with E-state index in [9.17, 15) is 5.11 Å². The number of hydrogen-bond acceptors (Lipinski definition) is 3. The summed E-state index contributed by atoms with van der Waals surface area (Å²) in [6.07, 6.45) is -0.514. The minimum absolute atomic E-state index is 0.514. The first-order valence-corrected chi connectivity index (χ1v) is 7.27. The van der Waals surface area contributed by atoms with E-state index in [1.165, 1.54) is 0 Å². The van der Waals surface area contributed by atoms with Gasteiger partial charge in [0.05, 0.1) is 12.7 Å². The first kappa shape index (κ1) is 14.9. The highest BCUT2D eigenvalue weighted by molar-refractivity contribution is 9.10. The maximum atomic E-state index is 9.59. The van der Waals surface area contributed by atoms with Crippen molar-refractivity contribution < 1.29 is 14.6 Å². The molecule has 0 aromatic heterocycles. The molecule has 0 fully saturated rings.